The predicted octanol–water partition coefficient (Wildman–Crippen LogP) is 3.21. The maximum Gasteiger partial charge on any atom is 0.298 e. The summed E-state index contributed by atoms with van der Waals surface area (Å²) in [6.07, 6.45) is 4.11. The molecular formula is C10H8IN3OS. The highest BCUT2D eigenvalue weighted by atomic mass is 127. The zero-order valence-electron chi connectivity index (χ0n) is 8.26. The number of nitrogens with zero attached hydrogens (tertiary/aromatic N) is 3. The van der Waals surface area contributed by atoms with Gasteiger partial charge in [-0.3, -0.25) is 0 Å². The summed E-state index contributed by atoms with van der Waals surface area (Å²) in [4.78, 5) is 8.49. The molecule has 0 saturated heterocycles. The quantitative estimate of drug-likeness (QED) is 0.633. The Morgan fingerprint density at radius 3 is 2.94 bits per heavy atom. The zero-order valence-corrected chi connectivity index (χ0v) is 11.2. The second kappa shape index (κ2) is 4.25. The van der Waals surface area contributed by atoms with Crippen molar-refractivity contribution >= 4 is 34.1 Å². The summed E-state index contributed by atoms with van der Waals surface area (Å²) in [5, 5.41) is 0.602. The first-order chi connectivity index (χ1) is 7.81. The molecule has 0 radical (unpaired) electrons. The third kappa shape index (κ3) is 2.32. The van der Waals surface area contributed by atoms with Gasteiger partial charge in [-0.05, 0) is 47.6 Å². The Hall–Kier alpha value is -0.760. The standard InChI is InChI=1S/C10H8IN3OS/c11-8-4-3-7(5-12-8)15-10-13-9(14-16-10)6-1-2-6/h3-6H,1-2H2. The van der Waals surface area contributed by atoms with E-state index in [0.717, 1.165) is 9.53 Å². The average molecular weight is 345 g/mol. The topological polar surface area (TPSA) is 47.9 Å². The van der Waals surface area contributed by atoms with Crippen molar-refractivity contribution in [2.45, 2.75) is 18.8 Å². The van der Waals surface area contributed by atoms with Crippen LogP contribution in [0.3, 0.4) is 0 Å². The van der Waals surface area contributed by atoms with Gasteiger partial charge in [-0.2, -0.15) is 9.36 Å². The second-order valence-electron chi connectivity index (χ2n) is 3.61. The Balaban J connectivity index is 1.75. The van der Waals surface area contributed by atoms with Crippen molar-refractivity contribution in [3.05, 3.63) is 27.9 Å². The van der Waals surface area contributed by atoms with Gasteiger partial charge in [-0.25, -0.2) is 4.98 Å². The lowest BCUT2D eigenvalue weighted by molar-refractivity contribution is 0.474. The van der Waals surface area contributed by atoms with Crippen LogP contribution in [-0.4, -0.2) is 14.3 Å². The first-order valence-corrected chi connectivity index (χ1v) is 6.79. The molecule has 0 aliphatic heterocycles. The van der Waals surface area contributed by atoms with E-state index < -0.39 is 0 Å². The van der Waals surface area contributed by atoms with E-state index in [1.807, 2.05) is 12.1 Å². The van der Waals surface area contributed by atoms with Crippen molar-refractivity contribution in [1.82, 2.24) is 14.3 Å². The molecule has 6 heteroatoms. The van der Waals surface area contributed by atoms with Gasteiger partial charge in [0.1, 0.15) is 15.3 Å². The Morgan fingerprint density at radius 2 is 2.25 bits per heavy atom. The number of pyridine rings is 1. The Labute approximate surface area is 110 Å². The van der Waals surface area contributed by atoms with Crippen molar-refractivity contribution in [2.75, 3.05) is 0 Å². The lowest BCUT2D eigenvalue weighted by atomic mass is 10.4. The summed E-state index contributed by atoms with van der Waals surface area (Å²) in [5.41, 5.74) is 0. The monoisotopic (exact) mass is 345 g/mol. The van der Waals surface area contributed by atoms with E-state index >= 15 is 0 Å². The molecule has 1 fully saturated rings. The molecule has 1 aliphatic carbocycles. The largest absolute Gasteiger partial charge is 0.428 e. The van der Waals surface area contributed by atoms with E-state index in [0.29, 0.717) is 16.9 Å². The van der Waals surface area contributed by atoms with Gasteiger partial charge in [-0.15, -0.1) is 0 Å². The van der Waals surface area contributed by atoms with Crippen LogP contribution in [0, 0.1) is 3.70 Å². The molecule has 3 rings (SSSR count). The van der Waals surface area contributed by atoms with Crippen molar-refractivity contribution in [3.8, 4) is 10.9 Å². The maximum absolute atomic E-state index is 5.57. The number of ether oxygens (including phenoxy) is 1. The van der Waals surface area contributed by atoms with Crippen LogP contribution < -0.4 is 4.74 Å². The highest BCUT2D eigenvalue weighted by molar-refractivity contribution is 14.1. The van der Waals surface area contributed by atoms with E-state index in [2.05, 4.69) is 36.9 Å². The molecule has 2 aromatic rings. The fourth-order valence-corrected chi connectivity index (χ4v) is 2.24. The molecular weight excluding hydrogens is 337 g/mol. The molecule has 4 nitrogen and oxygen atoms in total. The average Bonchev–Trinajstić information content (AvgIpc) is 3.04. The lowest BCUT2D eigenvalue weighted by Gasteiger charge is -1.99. The fraction of sp³-hybridized carbons (Fsp3) is 0.300. The van der Waals surface area contributed by atoms with E-state index in [1.54, 1.807) is 6.20 Å². The first-order valence-electron chi connectivity index (χ1n) is 4.94. The van der Waals surface area contributed by atoms with Gasteiger partial charge in [0.15, 0.2) is 0 Å². The minimum absolute atomic E-state index is 0.573. The highest BCUT2D eigenvalue weighted by Gasteiger charge is 2.28. The van der Waals surface area contributed by atoms with Crippen molar-refractivity contribution in [3.63, 3.8) is 0 Å². The SMILES string of the molecule is Ic1ccc(Oc2nc(C3CC3)ns2)cn1. The Bertz CT molecular complexity index is 495. The second-order valence-corrected chi connectivity index (χ2v) is 5.43. The van der Waals surface area contributed by atoms with Gasteiger partial charge in [0, 0.05) is 17.5 Å². The van der Waals surface area contributed by atoms with Crippen LogP contribution in [0.15, 0.2) is 18.3 Å². The van der Waals surface area contributed by atoms with Crippen LogP contribution in [-0.2, 0) is 0 Å². The molecule has 2 heterocycles. The summed E-state index contributed by atoms with van der Waals surface area (Å²) in [6, 6.07) is 3.78. The van der Waals surface area contributed by atoms with Crippen LogP contribution in [0.5, 0.6) is 10.9 Å². The van der Waals surface area contributed by atoms with E-state index in [1.165, 1.54) is 24.4 Å². The Kier molecular flexibility index (Phi) is 2.76. The summed E-state index contributed by atoms with van der Waals surface area (Å²) in [6.45, 7) is 0. The van der Waals surface area contributed by atoms with Crippen molar-refractivity contribution in [2.24, 2.45) is 0 Å². The minimum atomic E-state index is 0.573. The zero-order chi connectivity index (χ0) is 11.0. The van der Waals surface area contributed by atoms with Gasteiger partial charge in [0.05, 0.1) is 6.20 Å². The summed E-state index contributed by atoms with van der Waals surface area (Å²) < 4.78 is 10.8. The van der Waals surface area contributed by atoms with Gasteiger partial charge in [0.25, 0.3) is 5.19 Å². The van der Waals surface area contributed by atoms with Gasteiger partial charge in [-0.1, -0.05) is 0 Å². The van der Waals surface area contributed by atoms with Crippen molar-refractivity contribution in [1.29, 1.82) is 0 Å². The van der Waals surface area contributed by atoms with Crippen LogP contribution in [0.1, 0.15) is 24.6 Å². The predicted molar refractivity (Wildman–Crippen MR) is 68.9 cm³/mol. The molecule has 0 unspecified atom stereocenters. The number of aromatic nitrogens is 3. The normalized spacial score (nSPS) is 15.1. The van der Waals surface area contributed by atoms with E-state index in [9.17, 15) is 0 Å². The summed E-state index contributed by atoms with van der Waals surface area (Å²) in [7, 11) is 0. The molecule has 0 aromatic carbocycles. The molecule has 0 atom stereocenters. The molecule has 82 valence electrons. The molecule has 0 N–H and O–H groups in total. The van der Waals surface area contributed by atoms with E-state index in [4.69, 9.17) is 4.74 Å². The number of hydrogen-bond donors (Lipinski definition) is 0. The molecule has 1 aliphatic rings. The molecule has 1 saturated carbocycles. The molecule has 0 bridgehead atoms. The lowest BCUT2D eigenvalue weighted by Crippen LogP contribution is -1.87. The van der Waals surface area contributed by atoms with Crippen LogP contribution in [0.2, 0.25) is 0 Å². The van der Waals surface area contributed by atoms with Gasteiger partial charge < -0.3 is 4.74 Å². The molecule has 2 aromatic heterocycles. The summed E-state index contributed by atoms with van der Waals surface area (Å²) in [5.74, 6) is 2.21. The molecule has 0 spiro atoms. The number of hydrogen-bond acceptors (Lipinski definition) is 5. The van der Waals surface area contributed by atoms with Gasteiger partial charge >= 0.3 is 0 Å². The first kappa shape index (κ1) is 10.4. The number of halogens is 1. The smallest absolute Gasteiger partial charge is 0.298 e. The third-order valence-corrected chi connectivity index (χ3v) is 3.52. The molecule has 16 heavy (non-hydrogen) atoms. The third-order valence-electron chi connectivity index (χ3n) is 2.27. The molecule has 0 amide bonds. The summed E-state index contributed by atoms with van der Waals surface area (Å²) >= 11 is 3.46. The fourth-order valence-electron chi connectivity index (χ4n) is 1.29. The van der Waals surface area contributed by atoms with Crippen LogP contribution in [0.25, 0.3) is 0 Å². The van der Waals surface area contributed by atoms with Gasteiger partial charge in [0.2, 0.25) is 0 Å². The highest BCUT2D eigenvalue weighted by Crippen LogP contribution is 2.40. The minimum Gasteiger partial charge on any atom is -0.428 e. The van der Waals surface area contributed by atoms with Crippen LogP contribution in [0.4, 0.5) is 0 Å². The van der Waals surface area contributed by atoms with Crippen molar-refractivity contribution < 1.29 is 4.74 Å². The van der Waals surface area contributed by atoms with Crippen LogP contribution >= 0.6 is 34.1 Å². The maximum atomic E-state index is 5.57. The Morgan fingerprint density at radius 1 is 1.38 bits per heavy atom. The number of rotatable bonds is 3. The van der Waals surface area contributed by atoms with E-state index in [-0.39, 0.29) is 0 Å².